The van der Waals surface area contributed by atoms with Gasteiger partial charge in [-0.3, -0.25) is 0 Å². The van der Waals surface area contributed by atoms with Crippen LogP contribution in [0.2, 0.25) is 0 Å². The Kier molecular flexibility index (Phi) is 5.41. The van der Waals surface area contributed by atoms with Gasteiger partial charge in [0.25, 0.3) is 0 Å². The van der Waals surface area contributed by atoms with E-state index in [1.165, 1.54) is 14.0 Å². The topological polar surface area (TPSA) is 109 Å². The minimum absolute atomic E-state index is 0.144. The molecule has 0 rings (SSSR count). The average molecular weight is 208 g/mol. The van der Waals surface area contributed by atoms with E-state index in [1.54, 1.807) is 0 Å². The smallest absolute Gasteiger partial charge is 0.205 e. The summed E-state index contributed by atoms with van der Waals surface area (Å²) < 4.78 is 0. The molecule has 1 N–H and O–H groups in total. The first-order chi connectivity index (χ1) is 6.47. The molecule has 9 nitrogen and oxygen atoms in total. The number of hydrazine groups is 1. The molecule has 1 unspecified atom stereocenters. The number of aliphatic hydroxyl groups excluding tert-OH is 1. The number of rotatable bonds is 7. The number of aliphatic hydroxyl groups is 1. The van der Waals surface area contributed by atoms with Crippen molar-refractivity contribution in [1.29, 1.82) is 0 Å². The first kappa shape index (κ1) is 12.5. The second-order valence-electron chi connectivity index (χ2n) is 2.62. The van der Waals surface area contributed by atoms with Crippen molar-refractivity contribution in [2.45, 2.75) is 13.0 Å². The summed E-state index contributed by atoms with van der Waals surface area (Å²) in [5, 5.41) is 21.8. The highest BCUT2D eigenvalue weighted by molar-refractivity contribution is 4.46. The fourth-order valence-electron chi connectivity index (χ4n) is 0.533. The van der Waals surface area contributed by atoms with E-state index in [-0.39, 0.29) is 6.54 Å². The van der Waals surface area contributed by atoms with Gasteiger partial charge >= 0.3 is 0 Å². The van der Waals surface area contributed by atoms with Crippen LogP contribution in [0.4, 0.5) is 0 Å². The fourth-order valence-corrected chi connectivity index (χ4v) is 0.533. The van der Waals surface area contributed by atoms with Crippen LogP contribution < -0.4 is 0 Å². The Hall–Kier alpha value is -1.48. The van der Waals surface area contributed by atoms with Gasteiger partial charge in [0.1, 0.15) is 0 Å². The maximum absolute atomic E-state index is 10.1. The monoisotopic (exact) mass is 208 g/mol. The molecule has 0 saturated carbocycles. The quantitative estimate of drug-likeness (QED) is 0.256. The van der Waals surface area contributed by atoms with E-state index in [2.05, 4.69) is 10.1 Å². The average Bonchev–Trinajstić information content (AvgIpc) is 2.10. The maximum Gasteiger partial charge on any atom is 0.205 e. The Labute approximate surface area is 79.9 Å². The second-order valence-corrected chi connectivity index (χ2v) is 2.62. The van der Waals surface area contributed by atoms with E-state index in [0.29, 0.717) is 10.2 Å². The third-order valence-electron chi connectivity index (χ3n) is 1.18. The summed E-state index contributed by atoms with van der Waals surface area (Å²) in [6.07, 6.45) is -0.811. The van der Waals surface area contributed by atoms with Crippen molar-refractivity contribution in [2.75, 3.05) is 20.3 Å². The summed E-state index contributed by atoms with van der Waals surface area (Å²) >= 11 is 0. The molecule has 0 aromatic rings. The van der Waals surface area contributed by atoms with E-state index in [1.807, 2.05) is 0 Å². The van der Waals surface area contributed by atoms with E-state index >= 15 is 0 Å². The van der Waals surface area contributed by atoms with Crippen molar-refractivity contribution in [1.82, 2.24) is 10.2 Å². The summed E-state index contributed by atoms with van der Waals surface area (Å²) in [5.74, 6) is 0. The Morgan fingerprint density at radius 1 is 1.71 bits per heavy atom. The number of hydrogen-bond acceptors (Lipinski definition) is 6. The van der Waals surface area contributed by atoms with Gasteiger partial charge in [0.15, 0.2) is 5.03 Å². The highest BCUT2D eigenvalue weighted by atomic mass is 16.8. The van der Waals surface area contributed by atoms with Crippen molar-refractivity contribution in [3.63, 3.8) is 0 Å². The van der Waals surface area contributed by atoms with Crippen LogP contribution in [-0.4, -0.2) is 46.7 Å². The number of nitrogens with zero attached hydrogens (tertiary/aromatic N) is 4. The lowest BCUT2D eigenvalue weighted by molar-refractivity contribution is -0.661. The number of nitroso groups, excluding NO2 is 1. The first-order valence-corrected chi connectivity index (χ1v) is 3.74. The predicted molar refractivity (Wildman–Crippen MR) is 44.9 cm³/mol. The molecular formula is C5H12N4O5. The molecule has 1 atom stereocenters. The normalized spacial score (nSPS) is 11.9. The molecule has 82 valence electrons. The van der Waals surface area contributed by atoms with Gasteiger partial charge < -0.3 is 5.11 Å². The summed E-state index contributed by atoms with van der Waals surface area (Å²) in [6.45, 7) is 0.860. The zero-order valence-electron chi connectivity index (χ0n) is 7.86. The highest BCUT2D eigenvalue weighted by Crippen LogP contribution is 1.95. The van der Waals surface area contributed by atoms with Crippen molar-refractivity contribution in [3.05, 3.63) is 15.0 Å². The van der Waals surface area contributed by atoms with Gasteiger partial charge in [-0.15, -0.1) is 15.1 Å². The third kappa shape index (κ3) is 5.22. The standard InChI is InChI=1S/C5H12N4O5/c1-5(10)3-8(6-11)14-4-7(2)9(12)13/h5,10H,3-4H2,1-2H3. The van der Waals surface area contributed by atoms with Crippen LogP contribution in [0.15, 0.2) is 5.29 Å². The zero-order valence-corrected chi connectivity index (χ0v) is 7.86. The van der Waals surface area contributed by atoms with Crippen LogP contribution >= 0.6 is 0 Å². The number of hydroxylamine groups is 1. The lowest BCUT2D eigenvalue weighted by atomic mass is 10.4. The lowest BCUT2D eigenvalue weighted by Gasteiger charge is -2.17. The van der Waals surface area contributed by atoms with Crippen LogP contribution in [0.3, 0.4) is 0 Å². The molecule has 14 heavy (non-hydrogen) atoms. The Bertz CT molecular complexity index is 199. The van der Waals surface area contributed by atoms with Crippen molar-refractivity contribution < 1.29 is 15.0 Å². The van der Waals surface area contributed by atoms with Gasteiger partial charge in [0.05, 0.1) is 25.0 Å². The molecule has 0 aromatic carbocycles. The molecule has 9 heteroatoms. The molecule has 0 fully saturated rings. The molecular weight excluding hydrogens is 196 g/mol. The number of hydrogen-bond donors (Lipinski definition) is 1. The van der Waals surface area contributed by atoms with E-state index < -0.39 is 17.9 Å². The molecule has 0 amide bonds. The van der Waals surface area contributed by atoms with Gasteiger partial charge in [0, 0.05) is 0 Å². The molecule has 0 spiro atoms. The summed E-state index contributed by atoms with van der Waals surface area (Å²) in [5.41, 5.74) is 0. The first-order valence-electron chi connectivity index (χ1n) is 3.74. The lowest BCUT2D eigenvalue weighted by Crippen LogP contribution is -2.34. The zero-order chi connectivity index (χ0) is 11.1. The molecule has 0 aliphatic rings. The van der Waals surface area contributed by atoms with Gasteiger partial charge in [-0.05, 0) is 6.92 Å². The van der Waals surface area contributed by atoms with E-state index in [4.69, 9.17) is 5.11 Å². The van der Waals surface area contributed by atoms with Crippen LogP contribution in [-0.2, 0) is 4.84 Å². The van der Waals surface area contributed by atoms with Crippen LogP contribution in [0, 0.1) is 15.0 Å². The Morgan fingerprint density at radius 3 is 2.64 bits per heavy atom. The third-order valence-corrected chi connectivity index (χ3v) is 1.18. The Morgan fingerprint density at radius 2 is 2.29 bits per heavy atom. The summed E-state index contributed by atoms with van der Waals surface area (Å²) in [6, 6.07) is 0. The SMILES string of the molecule is CC(O)CN(N=O)OCN(C)[N+](=O)[O-]. The van der Waals surface area contributed by atoms with Gasteiger partial charge in [0.2, 0.25) is 6.73 Å². The van der Waals surface area contributed by atoms with E-state index in [9.17, 15) is 15.0 Å². The second kappa shape index (κ2) is 6.05. The molecule has 0 bridgehead atoms. The van der Waals surface area contributed by atoms with Crippen molar-refractivity contribution >= 4 is 0 Å². The van der Waals surface area contributed by atoms with Crippen LogP contribution in [0.25, 0.3) is 0 Å². The van der Waals surface area contributed by atoms with Crippen LogP contribution in [0.1, 0.15) is 6.92 Å². The minimum atomic E-state index is -0.811. The molecule has 0 aliphatic carbocycles. The van der Waals surface area contributed by atoms with Gasteiger partial charge in [-0.25, -0.2) is 15.0 Å². The van der Waals surface area contributed by atoms with Crippen LogP contribution in [0.5, 0.6) is 0 Å². The Balaban J connectivity index is 3.83. The fraction of sp³-hybridized carbons (Fsp3) is 1.00. The summed E-state index contributed by atoms with van der Waals surface area (Å²) in [4.78, 5) is 24.8. The van der Waals surface area contributed by atoms with E-state index in [0.717, 1.165) is 0 Å². The molecule has 0 heterocycles. The van der Waals surface area contributed by atoms with Crippen molar-refractivity contribution in [3.8, 4) is 0 Å². The predicted octanol–water partition coefficient (Wildman–Crippen LogP) is -0.637. The summed E-state index contributed by atoms with van der Waals surface area (Å²) in [7, 11) is 1.17. The number of nitro groups is 1. The molecule has 0 aliphatic heterocycles. The molecule has 0 aromatic heterocycles. The van der Waals surface area contributed by atoms with Gasteiger partial charge in [-0.2, -0.15) is 0 Å². The molecule has 0 saturated heterocycles. The highest BCUT2D eigenvalue weighted by Gasteiger charge is 2.12. The van der Waals surface area contributed by atoms with Gasteiger partial charge in [-0.1, -0.05) is 0 Å². The molecule has 0 radical (unpaired) electrons. The maximum atomic E-state index is 10.1. The largest absolute Gasteiger partial charge is 0.391 e. The minimum Gasteiger partial charge on any atom is -0.391 e. The van der Waals surface area contributed by atoms with Crippen molar-refractivity contribution in [2.24, 2.45) is 5.29 Å².